The summed E-state index contributed by atoms with van der Waals surface area (Å²) in [5.74, 6) is -1.93. The molecule has 0 aliphatic heterocycles. The second-order valence-corrected chi connectivity index (χ2v) is 9.14. The van der Waals surface area contributed by atoms with Crippen molar-refractivity contribution in [3.63, 3.8) is 0 Å². The van der Waals surface area contributed by atoms with Crippen LogP contribution in [-0.4, -0.2) is 27.6 Å². The first-order valence-electron chi connectivity index (χ1n) is 10.5. The van der Waals surface area contributed by atoms with Crippen molar-refractivity contribution in [2.45, 2.75) is 45.7 Å². The molecule has 3 rings (SSSR count). The van der Waals surface area contributed by atoms with Crippen LogP contribution in [0.2, 0.25) is 0 Å². The molecule has 3 amide bonds. The van der Waals surface area contributed by atoms with Crippen LogP contribution in [0.4, 0.5) is 15.8 Å². The Labute approximate surface area is 200 Å². The molecular formula is C23H26FN5O4S. The molecule has 0 saturated heterocycles. The first kappa shape index (κ1) is 24.9. The van der Waals surface area contributed by atoms with E-state index < -0.39 is 35.1 Å². The Morgan fingerprint density at radius 1 is 1.21 bits per heavy atom. The van der Waals surface area contributed by atoms with Gasteiger partial charge >= 0.3 is 0 Å². The Morgan fingerprint density at radius 3 is 2.35 bits per heavy atom. The summed E-state index contributed by atoms with van der Waals surface area (Å²) >= 11 is 0.682. The topological polar surface area (TPSA) is 145 Å². The summed E-state index contributed by atoms with van der Waals surface area (Å²) in [6.45, 7) is 7.32. The summed E-state index contributed by atoms with van der Waals surface area (Å²) in [6, 6.07) is 7.04. The van der Waals surface area contributed by atoms with E-state index in [9.17, 15) is 18.8 Å². The third kappa shape index (κ3) is 5.09. The number of carbonyl (C=O) groups excluding carboxylic acids is 3. The molecule has 0 bridgehead atoms. The lowest BCUT2D eigenvalue weighted by Gasteiger charge is -2.33. The fourth-order valence-corrected chi connectivity index (χ4v) is 3.93. The van der Waals surface area contributed by atoms with E-state index in [1.165, 1.54) is 24.3 Å². The highest BCUT2D eigenvalue weighted by Crippen LogP contribution is 2.34. The van der Waals surface area contributed by atoms with Gasteiger partial charge in [0.05, 0.1) is 5.69 Å². The van der Waals surface area contributed by atoms with Crippen molar-refractivity contribution in [3.8, 4) is 0 Å². The average molecular weight is 488 g/mol. The molecule has 2 heterocycles. The Hall–Kier alpha value is -3.73. The van der Waals surface area contributed by atoms with Crippen molar-refractivity contribution >= 4 is 40.6 Å². The Bertz CT molecular complexity index is 1220. The largest absolute Gasteiger partial charge is 0.464 e. The van der Waals surface area contributed by atoms with Gasteiger partial charge in [0, 0.05) is 11.2 Å². The first-order chi connectivity index (χ1) is 15.9. The number of hydrogen-bond acceptors (Lipinski definition) is 7. The number of furan rings is 1. The molecule has 1 aromatic carbocycles. The standard InChI is InChI=1S/C23H26FN5O4S/c1-5-23(3,4)27-21(31)18(15-11-6-12(2)33-15)29(14-9-7-13(24)8-10-14)22(32)19-16(25)17(20(26)30)28-34-19/h6-11,18H,5,25H2,1-4H3,(H2,26,30)(H,27,31)/t18-/m1/s1. The Morgan fingerprint density at radius 2 is 1.85 bits per heavy atom. The minimum atomic E-state index is -1.27. The number of hydrogen-bond donors (Lipinski definition) is 3. The molecule has 34 heavy (non-hydrogen) atoms. The fraction of sp³-hybridized carbons (Fsp3) is 0.304. The van der Waals surface area contributed by atoms with Gasteiger partial charge < -0.3 is 21.2 Å². The number of benzene rings is 1. The number of primary amides is 1. The number of nitrogens with one attached hydrogen (secondary N) is 1. The number of halogens is 1. The zero-order valence-corrected chi connectivity index (χ0v) is 20.0. The van der Waals surface area contributed by atoms with Crippen LogP contribution in [0.1, 0.15) is 64.9 Å². The number of carbonyl (C=O) groups is 3. The molecule has 5 N–H and O–H groups in total. The van der Waals surface area contributed by atoms with Crippen LogP contribution in [-0.2, 0) is 4.79 Å². The van der Waals surface area contributed by atoms with Crippen LogP contribution in [0, 0.1) is 12.7 Å². The summed E-state index contributed by atoms with van der Waals surface area (Å²) in [5, 5.41) is 2.94. The van der Waals surface area contributed by atoms with Crippen LogP contribution in [0.15, 0.2) is 40.8 Å². The molecule has 0 saturated carbocycles. The van der Waals surface area contributed by atoms with Gasteiger partial charge in [-0.05, 0) is 75.1 Å². The fourth-order valence-electron chi connectivity index (χ4n) is 3.19. The first-order valence-corrected chi connectivity index (χ1v) is 11.2. The van der Waals surface area contributed by atoms with Crippen LogP contribution >= 0.6 is 11.5 Å². The molecule has 0 radical (unpaired) electrons. The third-order valence-electron chi connectivity index (χ3n) is 5.36. The van der Waals surface area contributed by atoms with E-state index in [0.29, 0.717) is 23.7 Å². The smallest absolute Gasteiger partial charge is 0.273 e. The zero-order valence-electron chi connectivity index (χ0n) is 19.2. The number of aryl methyl sites for hydroxylation is 1. The zero-order chi connectivity index (χ0) is 25.2. The van der Waals surface area contributed by atoms with E-state index in [4.69, 9.17) is 15.9 Å². The Kier molecular flexibility index (Phi) is 7.06. The summed E-state index contributed by atoms with van der Waals surface area (Å²) in [6.07, 6.45) is 0.622. The number of nitrogen functional groups attached to an aromatic ring is 1. The molecule has 180 valence electrons. The maximum Gasteiger partial charge on any atom is 0.273 e. The molecule has 0 aliphatic carbocycles. The van der Waals surface area contributed by atoms with Gasteiger partial charge in [-0.1, -0.05) is 6.92 Å². The molecular weight excluding hydrogens is 461 g/mol. The number of aromatic nitrogens is 1. The lowest BCUT2D eigenvalue weighted by Crippen LogP contribution is -2.50. The van der Waals surface area contributed by atoms with Crippen LogP contribution in [0.3, 0.4) is 0 Å². The van der Waals surface area contributed by atoms with Gasteiger partial charge in [0.2, 0.25) is 0 Å². The number of rotatable bonds is 8. The minimum absolute atomic E-state index is 0.0889. The van der Waals surface area contributed by atoms with Gasteiger partial charge in [-0.15, -0.1) is 0 Å². The van der Waals surface area contributed by atoms with Gasteiger partial charge in [0.25, 0.3) is 17.7 Å². The normalized spacial score (nSPS) is 12.3. The van der Waals surface area contributed by atoms with E-state index in [-0.39, 0.29) is 27.7 Å². The van der Waals surface area contributed by atoms with Crippen molar-refractivity contribution < 1.29 is 23.2 Å². The quantitative estimate of drug-likeness (QED) is 0.443. The molecule has 2 aromatic heterocycles. The maximum absolute atomic E-state index is 13.8. The van der Waals surface area contributed by atoms with Crippen molar-refractivity contribution in [2.24, 2.45) is 5.73 Å². The van der Waals surface area contributed by atoms with Gasteiger partial charge in [-0.2, -0.15) is 4.37 Å². The van der Waals surface area contributed by atoms with Crippen LogP contribution < -0.4 is 21.7 Å². The molecule has 11 heteroatoms. The predicted octanol–water partition coefficient (Wildman–Crippen LogP) is 3.56. The van der Waals surface area contributed by atoms with Crippen LogP contribution in [0.5, 0.6) is 0 Å². The van der Waals surface area contributed by atoms with Gasteiger partial charge in [-0.25, -0.2) is 4.39 Å². The lowest BCUT2D eigenvalue weighted by molar-refractivity contribution is -0.124. The van der Waals surface area contributed by atoms with E-state index in [1.807, 2.05) is 20.8 Å². The number of nitrogens with two attached hydrogens (primary N) is 2. The monoisotopic (exact) mass is 487 g/mol. The molecule has 9 nitrogen and oxygen atoms in total. The lowest BCUT2D eigenvalue weighted by atomic mass is 10.0. The van der Waals surface area contributed by atoms with Gasteiger partial charge in [-0.3, -0.25) is 19.3 Å². The van der Waals surface area contributed by atoms with Crippen molar-refractivity contribution in [3.05, 3.63) is 64.3 Å². The number of amides is 3. The van der Waals surface area contributed by atoms with E-state index >= 15 is 0 Å². The molecule has 0 spiro atoms. The Balaban J connectivity index is 2.20. The van der Waals surface area contributed by atoms with Crippen molar-refractivity contribution in [1.29, 1.82) is 0 Å². The highest BCUT2D eigenvalue weighted by atomic mass is 32.1. The highest BCUT2D eigenvalue weighted by molar-refractivity contribution is 7.09. The van der Waals surface area contributed by atoms with Crippen LogP contribution in [0.25, 0.3) is 0 Å². The van der Waals surface area contributed by atoms with Crippen molar-refractivity contribution in [1.82, 2.24) is 9.69 Å². The third-order valence-corrected chi connectivity index (χ3v) is 6.21. The number of anilines is 2. The van der Waals surface area contributed by atoms with E-state index in [2.05, 4.69) is 9.69 Å². The predicted molar refractivity (Wildman–Crippen MR) is 127 cm³/mol. The minimum Gasteiger partial charge on any atom is -0.464 e. The van der Waals surface area contributed by atoms with E-state index in [1.54, 1.807) is 19.1 Å². The number of nitrogens with zero attached hydrogens (tertiary/aromatic N) is 2. The van der Waals surface area contributed by atoms with E-state index in [0.717, 1.165) is 4.90 Å². The molecule has 1 atom stereocenters. The summed E-state index contributed by atoms with van der Waals surface area (Å²) < 4.78 is 23.3. The summed E-state index contributed by atoms with van der Waals surface area (Å²) in [7, 11) is 0. The van der Waals surface area contributed by atoms with Gasteiger partial charge in [0.1, 0.15) is 22.2 Å². The van der Waals surface area contributed by atoms with Gasteiger partial charge in [0.15, 0.2) is 11.7 Å². The second kappa shape index (κ2) is 9.64. The average Bonchev–Trinajstić information content (AvgIpc) is 3.37. The van der Waals surface area contributed by atoms with Crippen molar-refractivity contribution in [2.75, 3.05) is 10.6 Å². The molecule has 0 fully saturated rings. The second-order valence-electron chi connectivity index (χ2n) is 8.37. The summed E-state index contributed by atoms with van der Waals surface area (Å²) in [4.78, 5) is 40.1. The molecule has 3 aromatic rings. The molecule has 0 unspecified atom stereocenters. The maximum atomic E-state index is 13.8. The SMILES string of the molecule is CCC(C)(C)NC(=O)[C@@H](c1ccc(C)o1)N(C(=O)c1snc(C(N)=O)c1N)c1ccc(F)cc1. The highest BCUT2D eigenvalue weighted by Gasteiger charge is 2.39. The summed E-state index contributed by atoms with van der Waals surface area (Å²) in [5.41, 5.74) is 10.5. The molecule has 0 aliphatic rings.